The normalized spacial score (nSPS) is 10.1. The summed E-state index contributed by atoms with van der Waals surface area (Å²) in [6, 6.07) is 3.76. The number of benzene rings is 1. The summed E-state index contributed by atoms with van der Waals surface area (Å²) in [5, 5.41) is 0. The van der Waals surface area contributed by atoms with Crippen LogP contribution in [0.25, 0.3) is 0 Å². The van der Waals surface area contributed by atoms with Crippen molar-refractivity contribution in [3.8, 4) is 5.75 Å². The summed E-state index contributed by atoms with van der Waals surface area (Å²) < 4.78 is 5.18. The molecule has 0 fully saturated rings. The van der Waals surface area contributed by atoms with Gasteiger partial charge >= 0.3 is 0 Å². The van der Waals surface area contributed by atoms with Gasteiger partial charge in [0.25, 0.3) is 0 Å². The summed E-state index contributed by atoms with van der Waals surface area (Å²) in [4.78, 5) is 11.7. The summed E-state index contributed by atoms with van der Waals surface area (Å²) in [5.41, 5.74) is 8.03. The fraction of sp³-hybridized carbons (Fsp3) is 0.417. The molecule has 0 aliphatic carbocycles. The van der Waals surface area contributed by atoms with E-state index in [1.54, 1.807) is 7.11 Å². The number of carbonyl (C=O) groups excluding carboxylic acids is 1. The Bertz CT molecular complexity index is 372. The molecular weight excluding hydrogens is 190 g/mol. The van der Waals surface area contributed by atoms with Crippen molar-refractivity contribution in [2.75, 3.05) is 13.7 Å². The fourth-order valence-corrected chi connectivity index (χ4v) is 1.58. The van der Waals surface area contributed by atoms with E-state index in [1.165, 1.54) is 0 Å². The Morgan fingerprint density at radius 3 is 2.53 bits per heavy atom. The highest BCUT2D eigenvalue weighted by molar-refractivity contribution is 5.97. The van der Waals surface area contributed by atoms with E-state index in [0.717, 1.165) is 22.4 Å². The average Bonchev–Trinajstić information content (AvgIpc) is 2.21. The molecule has 0 aliphatic rings. The van der Waals surface area contributed by atoms with Crippen LogP contribution in [0, 0.1) is 13.8 Å². The summed E-state index contributed by atoms with van der Waals surface area (Å²) >= 11 is 0. The van der Waals surface area contributed by atoms with Gasteiger partial charge in [-0.25, -0.2) is 0 Å². The molecule has 0 aliphatic heterocycles. The SMILES string of the molecule is COc1cc(C)c(C(=O)CCN)cc1C. The van der Waals surface area contributed by atoms with Crippen molar-refractivity contribution < 1.29 is 9.53 Å². The van der Waals surface area contributed by atoms with Crippen molar-refractivity contribution in [2.45, 2.75) is 20.3 Å². The van der Waals surface area contributed by atoms with E-state index in [0.29, 0.717) is 13.0 Å². The summed E-state index contributed by atoms with van der Waals surface area (Å²) in [6.07, 6.45) is 0.395. The molecule has 0 saturated carbocycles. The van der Waals surface area contributed by atoms with Crippen LogP contribution in [0.15, 0.2) is 12.1 Å². The molecular formula is C12H17NO2. The van der Waals surface area contributed by atoms with Crippen LogP contribution in [-0.2, 0) is 0 Å². The molecule has 3 nitrogen and oxygen atoms in total. The van der Waals surface area contributed by atoms with Crippen LogP contribution < -0.4 is 10.5 Å². The van der Waals surface area contributed by atoms with E-state index in [1.807, 2.05) is 26.0 Å². The van der Waals surface area contributed by atoms with E-state index in [9.17, 15) is 4.79 Å². The topological polar surface area (TPSA) is 52.3 Å². The standard InChI is InChI=1S/C12H17NO2/c1-8-7-12(15-3)9(2)6-10(8)11(14)4-5-13/h6-7H,4-5,13H2,1-3H3. The minimum Gasteiger partial charge on any atom is -0.496 e. The van der Waals surface area contributed by atoms with Gasteiger partial charge in [-0.2, -0.15) is 0 Å². The van der Waals surface area contributed by atoms with Crippen LogP contribution in [0.5, 0.6) is 5.75 Å². The Labute approximate surface area is 90.2 Å². The van der Waals surface area contributed by atoms with Crippen molar-refractivity contribution in [1.29, 1.82) is 0 Å². The molecule has 2 N–H and O–H groups in total. The van der Waals surface area contributed by atoms with Gasteiger partial charge in [-0.05, 0) is 43.7 Å². The lowest BCUT2D eigenvalue weighted by Gasteiger charge is -2.10. The molecule has 1 rings (SSSR count). The molecule has 0 bridgehead atoms. The molecule has 15 heavy (non-hydrogen) atoms. The number of aryl methyl sites for hydroxylation is 2. The van der Waals surface area contributed by atoms with Crippen molar-refractivity contribution in [3.63, 3.8) is 0 Å². The molecule has 0 spiro atoms. The van der Waals surface area contributed by atoms with Gasteiger partial charge in [-0.1, -0.05) is 0 Å². The molecule has 0 heterocycles. The van der Waals surface area contributed by atoms with E-state index >= 15 is 0 Å². The van der Waals surface area contributed by atoms with Gasteiger partial charge in [0.05, 0.1) is 7.11 Å². The van der Waals surface area contributed by atoms with Crippen LogP contribution in [0.1, 0.15) is 27.9 Å². The monoisotopic (exact) mass is 207 g/mol. The van der Waals surface area contributed by atoms with Crippen molar-refractivity contribution >= 4 is 5.78 Å². The molecule has 0 atom stereocenters. The van der Waals surface area contributed by atoms with Crippen LogP contribution in [0.3, 0.4) is 0 Å². The Balaban J connectivity index is 3.10. The predicted octanol–water partition coefficient (Wildman–Crippen LogP) is 1.84. The number of rotatable bonds is 4. The van der Waals surface area contributed by atoms with Crippen LogP contribution >= 0.6 is 0 Å². The van der Waals surface area contributed by atoms with Crippen molar-refractivity contribution in [1.82, 2.24) is 0 Å². The Morgan fingerprint density at radius 1 is 1.33 bits per heavy atom. The number of hydrogen-bond donors (Lipinski definition) is 1. The zero-order chi connectivity index (χ0) is 11.4. The van der Waals surface area contributed by atoms with Gasteiger partial charge in [0.2, 0.25) is 0 Å². The number of Topliss-reactive ketones (excluding diaryl/α,β-unsaturated/α-hetero) is 1. The first-order valence-corrected chi connectivity index (χ1v) is 4.98. The van der Waals surface area contributed by atoms with Crippen LogP contribution in [0.2, 0.25) is 0 Å². The van der Waals surface area contributed by atoms with Crippen LogP contribution in [0.4, 0.5) is 0 Å². The Hall–Kier alpha value is -1.35. The average molecular weight is 207 g/mol. The van der Waals surface area contributed by atoms with Gasteiger partial charge in [0, 0.05) is 12.0 Å². The highest BCUT2D eigenvalue weighted by atomic mass is 16.5. The van der Waals surface area contributed by atoms with Crippen molar-refractivity contribution in [2.24, 2.45) is 5.73 Å². The summed E-state index contributed by atoms with van der Waals surface area (Å²) in [6.45, 7) is 4.23. The zero-order valence-electron chi connectivity index (χ0n) is 9.46. The second-order valence-corrected chi connectivity index (χ2v) is 3.60. The van der Waals surface area contributed by atoms with Gasteiger partial charge < -0.3 is 10.5 Å². The maximum absolute atomic E-state index is 11.7. The van der Waals surface area contributed by atoms with E-state index in [2.05, 4.69) is 0 Å². The molecule has 0 aromatic heterocycles. The fourth-order valence-electron chi connectivity index (χ4n) is 1.58. The van der Waals surface area contributed by atoms with Gasteiger partial charge in [-0.3, -0.25) is 4.79 Å². The third-order valence-electron chi connectivity index (χ3n) is 2.41. The smallest absolute Gasteiger partial charge is 0.164 e. The second kappa shape index (κ2) is 4.94. The van der Waals surface area contributed by atoms with Gasteiger partial charge in [-0.15, -0.1) is 0 Å². The van der Waals surface area contributed by atoms with Crippen molar-refractivity contribution in [3.05, 3.63) is 28.8 Å². The highest BCUT2D eigenvalue weighted by Gasteiger charge is 2.11. The zero-order valence-corrected chi connectivity index (χ0v) is 9.46. The largest absolute Gasteiger partial charge is 0.496 e. The molecule has 0 saturated heterocycles. The summed E-state index contributed by atoms with van der Waals surface area (Å²) in [5.74, 6) is 0.914. The third kappa shape index (κ3) is 2.57. The van der Waals surface area contributed by atoms with E-state index in [-0.39, 0.29) is 5.78 Å². The van der Waals surface area contributed by atoms with Gasteiger partial charge in [0.15, 0.2) is 5.78 Å². The Kier molecular flexibility index (Phi) is 3.86. The first-order chi connectivity index (χ1) is 7.10. The molecule has 82 valence electrons. The lowest BCUT2D eigenvalue weighted by atomic mass is 9.99. The molecule has 0 unspecified atom stereocenters. The molecule has 0 radical (unpaired) electrons. The van der Waals surface area contributed by atoms with Crippen LogP contribution in [-0.4, -0.2) is 19.4 Å². The molecule has 1 aromatic carbocycles. The predicted molar refractivity (Wildman–Crippen MR) is 60.5 cm³/mol. The highest BCUT2D eigenvalue weighted by Crippen LogP contribution is 2.23. The van der Waals surface area contributed by atoms with E-state index < -0.39 is 0 Å². The van der Waals surface area contributed by atoms with Gasteiger partial charge in [0.1, 0.15) is 5.75 Å². The molecule has 3 heteroatoms. The number of carbonyl (C=O) groups is 1. The van der Waals surface area contributed by atoms with E-state index in [4.69, 9.17) is 10.5 Å². The maximum Gasteiger partial charge on any atom is 0.164 e. The number of methoxy groups -OCH3 is 1. The first kappa shape index (κ1) is 11.7. The number of ketones is 1. The quantitative estimate of drug-likeness (QED) is 0.766. The minimum absolute atomic E-state index is 0.0979. The first-order valence-electron chi connectivity index (χ1n) is 4.98. The molecule has 1 aromatic rings. The minimum atomic E-state index is 0.0979. The maximum atomic E-state index is 11.7. The number of ether oxygens (including phenoxy) is 1. The molecule has 0 amide bonds. The Morgan fingerprint density at radius 2 is 2.00 bits per heavy atom. The third-order valence-corrected chi connectivity index (χ3v) is 2.41. The number of hydrogen-bond acceptors (Lipinski definition) is 3. The lowest BCUT2D eigenvalue weighted by molar-refractivity contribution is 0.0985. The summed E-state index contributed by atoms with van der Waals surface area (Å²) in [7, 11) is 1.63. The second-order valence-electron chi connectivity index (χ2n) is 3.60. The lowest BCUT2D eigenvalue weighted by Crippen LogP contribution is -2.10. The number of nitrogens with two attached hydrogens (primary N) is 1.